The van der Waals surface area contributed by atoms with E-state index in [-0.39, 0.29) is 6.61 Å². The van der Waals surface area contributed by atoms with Crippen LogP contribution in [-0.4, -0.2) is 21.3 Å². The maximum atomic E-state index is 8.85. The van der Waals surface area contributed by atoms with Crippen LogP contribution in [-0.2, 0) is 6.61 Å². The quantitative estimate of drug-likeness (QED) is 0.707. The predicted molar refractivity (Wildman–Crippen MR) is 50.4 cm³/mol. The number of hydrogen-bond donors (Lipinski definition) is 2. The molecule has 0 saturated carbocycles. The van der Waals surface area contributed by atoms with E-state index in [9.17, 15) is 0 Å². The van der Waals surface area contributed by atoms with Gasteiger partial charge in [0.25, 0.3) is 0 Å². The van der Waals surface area contributed by atoms with E-state index < -0.39 is 0 Å². The van der Waals surface area contributed by atoms with Crippen LogP contribution in [0, 0.1) is 0 Å². The number of rotatable bonds is 3. The van der Waals surface area contributed by atoms with Crippen molar-refractivity contribution < 1.29 is 5.11 Å². The van der Waals surface area contributed by atoms with Crippen molar-refractivity contribution in [2.24, 2.45) is 0 Å². The first kappa shape index (κ1) is 9.61. The third-order valence-electron chi connectivity index (χ3n) is 1.67. The number of nitrogens with one attached hydrogen (secondary N) is 1. The molecule has 1 rings (SSSR count). The maximum absolute atomic E-state index is 8.85. The maximum Gasteiger partial charge on any atom is 0.133 e. The molecule has 0 bridgehead atoms. The van der Waals surface area contributed by atoms with Gasteiger partial charge in [0.05, 0.1) is 5.69 Å². The molecule has 0 spiro atoms. The summed E-state index contributed by atoms with van der Waals surface area (Å²) in [4.78, 5) is 7.33. The number of aromatic amines is 1. The number of thioether (sulfide) groups is 1. The van der Waals surface area contributed by atoms with Gasteiger partial charge in [-0.3, -0.25) is 0 Å². The van der Waals surface area contributed by atoms with Gasteiger partial charge >= 0.3 is 0 Å². The minimum atomic E-state index is -0.0136. The third-order valence-corrected chi connectivity index (χ3v) is 2.36. The number of aliphatic hydroxyl groups is 1. The van der Waals surface area contributed by atoms with Gasteiger partial charge in [-0.1, -0.05) is 13.8 Å². The lowest BCUT2D eigenvalue weighted by Gasteiger charge is -2.01. The molecule has 0 fully saturated rings. The summed E-state index contributed by atoms with van der Waals surface area (Å²) in [5.74, 6) is 1.09. The highest BCUT2D eigenvalue weighted by Crippen LogP contribution is 2.24. The van der Waals surface area contributed by atoms with Crippen LogP contribution in [0.15, 0.2) is 5.03 Å². The zero-order valence-corrected chi connectivity index (χ0v) is 8.40. The fourth-order valence-electron chi connectivity index (χ4n) is 1.04. The molecule has 0 amide bonds. The SMILES string of the molecule is CSc1nc(CO)[nH]c1C(C)C. The van der Waals surface area contributed by atoms with Crippen LogP contribution < -0.4 is 0 Å². The normalized spacial score (nSPS) is 11.1. The number of imidazole rings is 1. The van der Waals surface area contributed by atoms with Crippen molar-refractivity contribution in [3.05, 3.63) is 11.5 Å². The second-order valence-corrected chi connectivity index (χ2v) is 3.71. The highest BCUT2D eigenvalue weighted by Gasteiger charge is 2.11. The number of nitrogens with zero attached hydrogens (tertiary/aromatic N) is 1. The molecule has 1 aromatic rings. The Morgan fingerprint density at radius 1 is 1.58 bits per heavy atom. The molecule has 0 atom stereocenters. The van der Waals surface area contributed by atoms with E-state index in [1.165, 1.54) is 0 Å². The van der Waals surface area contributed by atoms with Crippen molar-refractivity contribution in [2.45, 2.75) is 31.4 Å². The standard InChI is InChI=1S/C8H14N2OS/c1-5(2)7-8(12-3)10-6(4-11)9-7/h5,11H,4H2,1-3H3,(H,9,10). The zero-order valence-electron chi connectivity index (χ0n) is 7.59. The predicted octanol–water partition coefficient (Wildman–Crippen LogP) is 1.75. The van der Waals surface area contributed by atoms with Crippen molar-refractivity contribution in [2.75, 3.05) is 6.26 Å². The molecule has 1 heterocycles. The molecule has 68 valence electrons. The third kappa shape index (κ3) is 1.81. The van der Waals surface area contributed by atoms with Crippen LogP contribution in [0.25, 0.3) is 0 Å². The Bertz CT molecular complexity index is 258. The number of aliphatic hydroxyl groups excluding tert-OH is 1. The fourth-order valence-corrected chi connectivity index (χ4v) is 1.75. The van der Waals surface area contributed by atoms with E-state index in [0.29, 0.717) is 11.7 Å². The van der Waals surface area contributed by atoms with Gasteiger partial charge in [-0.25, -0.2) is 4.98 Å². The van der Waals surface area contributed by atoms with Gasteiger partial charge in [-0.15, -0.1) is 11.8 Å². The summed E-state index contributed by atoms with van der Waals surface area (Å²) in [5.41, 5.74) is 1.12. The van der Waals surface area contributed by atoms with E-state index in [1.807, 2.05) is 6.26 Å². The molecular weight excluding hydrogens is 172 g/mol. The lowest BCUT2D eigenvalue weighted by Crippen LogP contribution is -1.90. The molecule has 0 aliphatic heterocycles. The molecule has 1 aromatic heterocycles. The Morgan fingerprint density at radius 2 is 2.25 bits per heavy atom. The molecule has 0 aliphatic carbocycles. The van der Waals surface area contributed by atoms with Crippen molar-refractivity contribution in [1.82, 2.24) is 9.97 Å². The Hall–Kier alpha value is -0.480. The highest BCUT2D eigenvalue weighted by atomic mass is 32.2. The van der Waals surface area contributed by atoms with Crippen LogP contribution >= 0.6 is 11.8 Å². The minimum Gasteiger partial charge on any atom is -0.388 e. The summed E-state index contributed by atoms with van der Waals surface area (Å²) < 4.78 is 0. The first-order valence-electron chi connectivity index (χ1n) is 3.92. The van der Waals surface area contributed by atoms with Gasteiger partial charge in [0.15, 0.2) is 0 Å². The summed E-state index contributed by atoms with van der Waals surface area (Å²) in [5, 5.41) is 9.84. The number of aromatic nitrogens is 2. The average Bonchev–Trinajstić information content (AvgIpc) is 2.47. The van der Waals surface area contributed by atoms with Gasteiger partial charge in [-0.05, 0) is 12.2 Å². The molecule has 0 saturated heterocycles. The highest BCUT2D eigenvalue weighted by molar-refractivity contribution is 7.98. The molecule has 3 nitrogen and oxygen atoms in total. The van der Waals surface area contributed by atoms with Crippen LogP contribution in [0.3, 0.4) is 0 Å². The van der Waals surface area contributed by atoms with Gasteiger partial charge < -0.3 is 10.1 Å². The topological polar surface area (TPSA) is 48.9 Å². The molecule has 0 aliphatic rings. The summed E-state index contributed by atoms with van der Waals surface area (Å²) in [6, 6.07) is 0. The van der Waals surface area contributed by atoms with Crippen LogP contribution in [0.1, 0.15) is 31.3 Å². The molecule has 12 heavy (non-hydrogen) atoms. The number of H-pyrrole nitrogens is 1. The van der Waals surface area contributed by atoms with E-state index in [4.69, 9.17) is 5.11 Å². The lowest BCUT2D eigenvalue weighted by atomic mass is 10.2. The lowest BCUT2D eigenvalue weighted by molar-refractivity contribution is 0.272. The molecule has 4 heteroatoms. The minimum absolute atomic E-state index is 0.0136. The summed E-state index contributed by atoms with van der Waals surface area (Å²) in [6.45, 7) is 4.20. The average molecular weight is 186 g/mol. The molecular formula is C8H14N2OS. The Labute approximate surface area is 76.6 Å². The Morgan fingerprint density at radius 3 is 2.58 bits per heavy atom. The van der Waals surface area contributed by atoms with E-state index >= 15 is 0 Å². The smallest absolute Gasteiger partial charge is 0.133 e. The second-order valence-electron chi connectivity index (χ2n) is 2.92. The molecule has 0 radical (unpaired) electrons. The summed E-state index contributed by atoms with van der Waals surface area (Å²) in [6.07, 6.45) is 1.99. The largest absolute Gasteiger partial charge is 0.388 e. The monoisotopic (exact) mass is 186 g/mol. The van der Waals surface area contributed by atoms with Crippen molar-refractivity contribution in [1.29, 1.82) is 0 Å². The van der Waals surface area contributed by atoms with E-state index in [1.54, 1.807) is 11.8 Å². The second kappa shape index (κ2) is 3.96. The molecule has 0 aromatic carbocycles. The first-order chi connectivity index (χ1) is 5.69. The number of hydrogen-bond acceptors (Lipinski definition) is 3. The van der Waals surface area contributed by atoms with Gasteiger partial charge in [0, 0.05) is 0 Å². The van der Waals surface area contributed by atoms with Crippen molar-refractivity contribution in [3.8, 4) is 0 Å². The fraction of sp³-hybridized carbons (Fsp3) is 0.625. The molecule has 2 N–H and O–H groups in total. The van der Waals surface area contributed by atoms with E-state index in [0.717, 1.165) is 10.7 Å². The van der Waals surface area contributed by atoms with Crippen molar-refractivity contribution in [3.63, 3.8) is 0 Å². The zero-order chi connectivity index (χ0) is 9.14. The van der Waals surface area contributed by atoms with Crippen LogP contribution in [0.4, 0.5) is 0 Å². The van der Waals surface area contributed by atoms with Crippen LogP contribution in [0.2, 0.25) is 0 Å². The van der Waals surface area contributed by atoms with E-state index in [2.05, 4.69) is 23.8 Å². The van der Waals surface area contributed by atoms with Gasteiger partial charge in [-0.2, -0.15) is 0 Å². The Kier molecular flexibility index (Phi) is 3.17. The van der Waals surface area contributed by atoms with Crippen molar-refractivity contribution >= 4 is 11.8 Å². The Balaban J connectivity index is 3.00. The summed E-state index contributed by atoms with van der Waals surface area (Å²) >= 11 is 1.61. The van der Waals surface area contributed by atoms with Crippen LogP contribution in [0.5, 0.6) is 0 Å². The van der Waals surface area contributed by atoms with Gasteiger partial charge in [0.2, 0.25) is 0 Å². The summed E-state index contributed by atoms with van der Waals surface area (Å²) in [7, 11) is 0. The van der Waals surface area contributed by atoms with Gasteiger partial charge in [0.1, 0.15) is 17.5 Å². The molecule has 0 unspecified atom stereocenters. The first-order valence-corrected chi connectivity index (χ1v) is 5.15.